The summed E-state index contributed by atoms with van der Waals surface area (Å²) >= 11 is 0. The summed E-state index contributed by atoms with van der Waals surface area (Å²) in [4.78, 5) is 0. The van der Waals surface area contributed by atoms with Gasteiger partial charge in [0.2, 0.25) is 0 Å². The van der Waals surface area contributed by atoms with Crippen molar-refractivity contribution in [2.75, 3.05) is 0 Å². The lowest BCUT2D eigenvalue weighted by molar-refractivity contribution is 0.230. The molecule has 2 rings (SSSR count). The van der Waals surface area contributed by atoms with Crippen LogP contribution in [0, 0.1) is 18.8 Å². The summed E-state index contributed by atoms with van der Waals surface area (Å²) < 4.78 is 0. The molecule has 1 saturated carbocycles. The molecule has 94 valence electrons. The highest BCUT2D eigenvalue weighted by Crippen LogP contribution is 2.37. The maximum atomic E-state index is 6.44. The number of benzene rings is 1. The number of rotatable bonds is 3. The van der Waals surface area contributed by atoms with Crippen LogP contribution in [0.1, 0.15) is 56.2 Å². The second kappa shape index (κ2) is 5.68. The van der Waals surface area contributed by atoms with E-state index < -0.39 is 0 Å². The van der Waals surface area contributed by atoms with E-state index in [1.807, 2.05) is 0 Å². The van der Waals surface area contributed by atoms with E-state index in [0.29, 0.717) is 5.92 Å². The quantitative estimate of drug-likeness (QED) is 0.828. The molecule has 0 saturated heterocycles. The van der Waals surface area contributed by atoms with Gasteiger partial charge in [-0.15, -0.1) is 0 Å². The zero-order valence-corrected chi connectivity index (χ0v) is 11.2. The second-order valence-electron chi connectivity index (χ2n) is 5.64. The molecule has 1 fully saturated rings. The normalized spacial score (nSPS) is 26.8. The van der Waals surface area contributed by atoms with Gasteiger partial charge in [-0.05, 0) is 37.2 Å². The van der Waals surface area contributed by atoms with E-state index in [2.05, 4.69) is 38.1 Å². The van der Waals surface area contributed by atoms with Gasteiger partial charge in [0, 0.05) is 6.04 Å². The first kappa shape index (κ1) is 12.6. The Morgan fingerprint density at radius 2 is 1.94 bits per heavy atom. The third kappa shape index (κ3) is 3.10. The SMILES string of the molecule is CCC1CCCC(C(N)c2ccc(C)cc2)C1. The minimum Gasteiger partial charge on any atom is -0.324 e. The van der Waals surface area contributed by atoms with Crippen molar-refractivity contribution in [3.05, 3.63) is 35.4 Å². The third-order valence-electron chi connectivity index (χ3n) is 4.37. The highest BCUT2D eigenvalue weighted by Gasteiger charge is 2.26. The summed E-state index contributed by atoms with van der Waals surface area (Å²) in [6.45, 7) is 4.44. The van der Waals surface area contributed by atoms with Crippen molar-refractivity contribution < 1.29 is 0 Å². The van der Waals surface area contributed by atoms with E-state index >= 15 is 0 Å². The highest BCUT2D eigenvalue weighted by molar-refractivity contribution is 5.24. The Labute approximate surface area is 105 Å². The molecule has 1 aliphatic rings. The average molecular weight is 231 g/mol. The summed E-state index contributed by atoms with van der Waals surface area (Å²) in [5.41, 5.74) is 9.07. The number of aryl methyl sites for hydroxylation is 1. The van der Waals surface area contributed by atoms with Crippen molar-refractivity contribution in [1.29, 1.82) is 0 Å². The molecule has 1 aromatic rings. The minimum atomic E-state index is 0.241. The Kier molecular flexibility index (Phi) is 4.22. The van der Waals surface area contributed by atoms with Crippen molar-refractivity contribution in [3.63, 3.8) is 0 Å². The van der Waals surface area contributed by atoms with E-state index in [0.717, 1.165) is 5.92 Å². The molecule has 1 heteroatoms. The fourth-order valence-corrected chi connectivity index (χ4v) is 3.09. The van der Waals surface area contributed by atoms with Gasteiger partial charge in [-0.1, -0.05) is 56.0 Å². The Bertz CT molecular complexity index is 341. The molecule has 17 heavy (non-hydrogen) atoms. The van der Waals surface area contributed by atoms with Crippen molar-refractivity contribution in [2.24, 2.45) is 17.6 Å². The Morgan fingerprint density at radius 3 is 2.59 bits per heavy atom. The molecule has 3 atom stereocenters. The molecule has 0 spiro atoms. The largest absolute Gasteiger partial charge is 0.324 e. The first-order valence-corrected chi connectivity index (χ1v) is 7.03. The van der Waals surface area contributed by atoms with E-state index in [1.165, 1.54) is 43.2 Å². The van der Waals surface area contributed by atoms with Crippen LogP contribution in [0.25, 0.3) is 0 Å². The predicted molar refractivity (Wildman–Crippen MR) is 73.8 cm³/mol. The molecule has 3 unspecified atom stereocenters. The summed E-state index contributed by atoms with van der Waals surface area (Å²) in [5, 5.41) is 0. The second-order valence-corrected chi connectivity index (χ2v) is 5.64. The molecular formula is C16H25N. The van der Waals surface area contributed by atoms with Gasteiger partial charge < -0.3 is 5.73 Å². The molecule has 0 heterocycles. The lowest BCUT2D eigenvalue weighted by Crippen LogP contribution is -2.26. The van der Waals surface area contributed by atoms with Crippen LogP contribution < -0.4 is 5.73 Å². The minimum absolute atomic E-state index is 0.241. The predicted octanol–water partition coefficient (Wildman–Crippen LogP) is 4.21. The lowest BCUT2D eigenvalue weighted by atomic mass is 9.75. The van der Waals surface area contributed by atoms with Gasteiger partial charge >= 0.3 is 0 Å². The fraction of sp³-hybridized carbons (Fsp3) is 0.625. The van der Waals surface area contributed by atoms with Gasteiger partial charge in [0.05, 0.1) is 0 Å². The topological polar surface area (TPSA) is 26.0 Å². The summed E-state index contributed by atoms with van der Waals surface area (Å²) in [6.07, 6.45) is 6.73. The molecule has 0 radical (unpaired) electrons. The molecule has 1 aliphatic carbocycles. The van der Waals surface area contributed by atoms with E-state index in [-0.39, 0.29) is 6.04 Å². The van der Waals surface area contributed by atoms with Crippen molar-refractivity contribution in [2.45, 2.75) is 52.0 Å². The van der Waals surface area contributed by atoms with Gasteiger partial charge in [0.15, 0.2) is 0 Å². The molecule has 0 amide bonds. The van der Waals surface area contributed by atoms with Crippen molar-refractivity contribution in [1.82, 2.24) is 0 Å². The monoisotopic (exact) mass is 231 g/mol. The molecule has 0 bridgehead atoms. The third-order valence-corrected chi connectivity index (χ3v) is 4.37. The summed E-state index contributed by atoms with van der Waals surface area (Å²) in [5.74, 6) is 1.60. The smallest absolute Gasteiger partial charge is 0.0323 e. The van der Waals surface area contributed by atoms with Gasteiger partial charge in [-0.25, -0.2) is 0 Å². The van der Waals surface area contributed by atoms with Gasteiger partial charge in [0.1, 0.15) is 0 Å². The van der Waals surface area contributed by atoms with Crippen LogP contribution >= 0.6 is 0 Å². The zero-order valence-electron chi connectivity index (χ0n) is 11.2. The van der Waals surface area contributed by atoms with E-state index in [9.17, 15) is 0 Å². The molecule has 1 nitrogen and oxygen atoms in total. The Balaban J connectivity index is 2.03. The molecule has 1 aromatic carbocycles. The van der Waals surface area contributed by atoms with Gasteiger partial charge in [-0.3, -0.25) is 0 Å². The lowest BCUT2D eigenvalue weighted by Gasteiger charge is -2.32. The van der Waals surface area contributed by atoms with Crippen LogP contribution in [-0.4, -0.2) is 0 Å². The Morgan fingerprint density at radius 1 is 1.24 bits per heavy atom. The number of nitrogens with two attached hydrogens (primary N) is 1. The van der Waals surface area contributed by atoms with Crippen LogP contribution in [0.4, 0.5) is 0 Å². The van der Waals surface area contributed by atoms with Crippen LogP contribution in [0.3, 0.4) is 0 Å². The molecule has 0 aromatic heterocycles. The first-order valence-electron chi connectivity index (χ1n) is 7.03. The number of hydrogen-bond acceptors (Lipinski definition) is 1. The van der Waals surface area contributed by atoms with Gasteiger partial charge in [-0.2, -0.15) is 0 Å². The van der Waals surface area contributed by atoms with E-state index in [4.69, 9.17) is 5.73 Å². The summed E-state index contributed by atoms with van der Waals surface area (Å²) in [6, 6.07) is 9.00. The average Bonchev–Trinajstić information content (AvgIpc) is 2.39. The van der Waals surface area contributed by atoms with Crippen LogP contribution in [0.15, 0.2) is 24.3 Å². The summed E-state index contributed by atoms with van der Waals surface area (Å²) in [7, 11) is 0. The van der Waals surface area contributed by atoms with Gasteiger partial charge in [0.25, 0.3) is 0 Å². The van der Waals surface area contributed by atoms with Crippen LogP contribution in [0.2, 0.25) is 0 Å². The molecule has 0 aliphatic heterocycles. The van der Waals surface area contributed by atoms with E-state index in [1.54, 1.807) is 0 Å². The highest BCUT2D eigenvalue weighted by atomic mass is 14.7. The molecule has 2 N–H and O–H groups in total. The first-order chi connectivity index (χ1) is 8.20. The number of hydrogen-bond donors (Lipinski definition) is 1. The molecular weight excluding hydrogens is 206 g/mol. The maximum Gasteiger partial charge on any atom is 0.0323 e. The van der Waals surface area contributed by atoms with Crippen molar-refractivity contribution in [3.8, 4) is 0 Å². The van der Waals surface area contributed by atoms with Crippen LogP contribution in [-0.2, 0) is 0 Å². The maximum absolute atomic E-state index is 6.44. The standard InChI is InChI=1S/C16H25N/c1-3-13-5-4-6-15(11-13)16(17)14-9-7-12(2)8-10-14/h7-10,13,15-16H,3-6,11,17H2,1-2H3. The Hall–Kier alpha value is -0.820. The zero-order chi connectivity index (χ0) is 12.3. The van der Waals surface area contributed by atoms with Crippen LogP contribution in [0.5, 0.6) is 0 Å². The fourth-order valence-electron chi connectivity index (χ4n) is 3.09. The van der Waals surface area contributed by atoms with Crippen molar-refractivity contribution >= 4 is 0 Å².